The van der Waals surface area contributed by atoms with E-state index in [0.29, 0.717) is 24.1 Å². The Balaban J connectivity index is 1.13. The third-order valence-electron chi connectivity index (χ3n) is 7.95. The van der Waals surface area contributed by atoms with Crippen LogP contribution in [-0.2, 0) is 0 Å². The number of aromatic nitrogens is 3. The molecule has 182 valence electrons. The third-order valence-corrected chi connectivity index (χ3v) is 7.95. The summed E-state index contributed by atoms with van der Waals surface area (Å²) in [4.78, 5) is 18.9. The van der Waals surface area contributed by atoms with Gasteiger partial charge in [-0.15, -0.1) is 0 Å². The van der Waals surface area contributed by atoms with Crippen molar-refractivity contribution >= 4 is 23.1 Å². The van der Waals surface area contributed by atoms with Gasteiger partial charge in [-0.25, -0.2) is 15.0 Å². The Morgan fingerprint density at radius 2 is 1.83 bits per heavy atom. The van der Waals surface area contributed by atoms with Gasteiger partial charge >= 0.3 is 0 Å². The summed E-state index contributed by atoms with van der Waals surface area (Å²) >= 11 is 0. The average Bonchev–Trinajstić information content (AvgIpc) is 3.45. The number of likely N-dealkylation sites (tertiary alicyclic amines) is 1. The molecule has 2 N–H and O–H groups in total. The molecule has 2 bridgehead atoms. The van der Waals surface area contributed by atoms with Crippen LogP contribution in [0, 0.1) is 6.92 Å². The highest BCUT2D eigenvalue weighted by Gasteiger charge is 2.41. The zero-order valence-electron chi connectivity index (χ0n) is 20.7. The molecule has 1 aromatic carbocycles. The fourth-order valence-electron chi connectivity index (χ4n) is 6.01. The van der Waals surface area contributed by atoms with Gasteiger partial charge in [0.1, 0.15) is 5.82 Å². The third kappa shape index (κ3) is 4.69. The fourth-order valence-corrected chi connectivity index (χ4v) is 6.01. The molecule has 2 aliphatic heterocycles. The van der Waals surface area contributed by atoms with E-state index >= 15 is 0 Å². The Labute approximate surface area is 208 Å². The molecule has 35 heavy (non-hydrogen) atoms. The number of nitrogens with one attached hydrogen (secondary N) is 2. The summed E-state index contributed by atoms with van der Waals surface area (Å²) in [6.45, 7) is 4.49. The summed E-state index contributed by atoms with van der Waals surface area (Å²) < 4.78 is 0. The molecule has 7 nitrogen and oxygen atoms in total. The first kappa shape index (κ1) is 22.3. The largest absolute Gasteiger partial charge is 0.367 e. The first-order valence-corrected chi connectivity index (χ1v) is 13.0. The zero-order valence-corrected chi connectivity index (χ0v) is 20.7. The summed E-state index contributed by atoms with van der Waals surface area (Å²) in [5.74, 6) is 1.54. The van der Waals surface area contributed by atoms with Crippen LogP contribution in [0.3, 0.4) is 0 Å². The van der Waals surface area contributed by atoms with Crippen molar-refractivity contribution in [2.24, 2.45) is 0 Å². The number of nitrogens with zero attached hydrogens (tertiary/aromatic N) is 5. The first-order valence-electron chi connectivity index (χ1n) is 13.0. The summed E-state index contributed by atoms with van der Waals surface area (Å²) in [6.07, 6.45) is 11.4. The smallest absolute Gasteiger partial charge is 0.227 e. The molecule has 0 amide bonds. The minimum absolute atomic E-state index is 0.550. The molecular formula is C28H35N7. The van der Waals surface area contributed by atoms with E-state index in [9.17, 15) is 0 Å². The number of hydrogen-bond acceptors (Lipinski definition) is 7. The van der Waals surface area contributed by atoms with Crippen molar-refractivity contribution in [3.8, 4) is 11.3 Å². The lowest BCUT2D eigenvalue weighted by Gasteiger charge is -2.34. The van der Waals surface area contributed by atoms with Crippen molar-refractivity contribution in [2.45, 2.75) is 63.6 Å². The Hall–Kier alpha value is -3.19. The highest BCUT2D eigenvalue weighted by atomic mass is 15.3. The van der Waals surface area contributed by atoms with E-state index in [1.54, 1.807) is 6.20 Å². The lowest BCUT2D eigenvalue weighted by atomic mass is 9.95. The lowest BCUT2D eigenvalue weighted by molar-refractivity contribution is 0.292. The SMILES string of the molecule is Cc1cc(Nc2nccc(-c3ccc(NC4CCCCC4)nc3)n2)ccc1N1CC2CC1CN2C. The Kier molecular flexibility index (Phi) is 6.02. The van der Waals surface area contributed by atoms with Crippen LogP contribution >= 0.6 is 0 Å². The topological polar surface area (TPSA) is 69.2 Å². The van der Waals surface area contributed by atoms with Crippen molar-refractivity contribution in [1.29, 1.82) is 0 Å². The highest BCUT2D eigenvalue weighted by molar-refractivity contribution is 5.66. The maximum absolute atomic E-state index is 4.75. The second-order valence-electron chi connectivity index (χ2n) is 10.4. The van der Waals surface area contributed by atoms with E-state index in [1.807, 2.05) is 12.3 Å². The van der Waals surface area contributed by atoms with Crippen LogP contribution in [0.5, 0.6) is 0 Å². The summed E-state index contributed by atoms with van der Waals surface area (Å²) in [6, 6.07) is 14.5. The molecule has 3 aliphatic rings. The van der Waals surface area contributed by atoms with E-state index in [4.69, 9.17) is 4.98 Å². The van der Waals surface area contributed by atoms with Gasteiger partial charge < -0.3 is 15.5 Å². The number of aryl methyl sites for hydroxylation is 1. The van der Waals surface area contributed by atoms with Crippen LogP contribution in [-0.4, -0.2) is 58.1 Å². The van der Waals surface area contributed by atoms with E-state index < -0.39 is 0 Å². The average molecular weight is 470 g/mol. The molecule has 2 unspecified atom stereocenters. The Morgan fingerprint density at radius 1 is 0.943 bits per heavy atom. The summed E-state index contributed by atoms with van der Waals surface area (Å²) in [5, 5.41) is 6.98. The molecule has 7 heteroatoms. The molecule has 1 aliphatic carbocycles. The molecule has 0 radical (unpaired) electrons. The molecule has 4 heterocycles. The van der Waals surface area contributed by atoms with Gasteiger partial charge in [-0.1, -0.05) is 19.3 Å². The number of anilines is 4. The van der Waals surface area contributed by atoms with Gasteiger partial charge in [0.05, 0.1) is 5.69 Å². The van der Waals surface area contributed by atoms with Crippen molar-refractivity contribution in [1.82, 2.24) is 19.9 Å². The Bertz CT molecular complexity index is 1170. The molecule has 3 fully saturated rings. The molecule has 1 saturated carbocycles. The minimum atomic E-state index is 0.550. The van der Waals surface area contributed by atoms with Crippen molar-refractivity contribution in [3.63, 3.8) is 0 Å². The number of likely N-dealkylation sites (N-methyl/N-ethyl adjacent to an activating group) is 1. The van der Waals surface area contributed by atoms with Crippen LogP contribution in [0.15, 0.2) is 48.8 Å². The summed E-state index contributed by atoms with van der Waals surface area (Å²) in [7, 11) is 2.24. The molecule has 3 aromatic rings. The van der Waals surface area contributed by atoms with Crippen LogP contribution in [0.4, 0.5) is 23.1 Å². The second-order valence-corrected chi connectivity index (χ2v) is 10.4. The van der Waals surface area contributed by atoms with Gasteiger partial charge in [0.2, 0.25) is 5.95 Å². The van der Waals surface area contributed by atoms with E-state index in [-0.39, 0.29) is 0 Å². The fraction of sp³-hybridized carbons (Fsp3) is 0.464. The molecule has 2 saturated heterocycles. The van der Waals surface area contributed by atoms with Gasteiger partial charge in [-0.3, -0.25) is 4.90 Å². The van der Waals surface area contributed by atoms with Gasteiger partial charge in [-0.2, -0.15) is 0 Å². The van der Waals surface area contributed by atoms with Crippen molar-refractivity contribution < 1.29 is 0 Å². The second kappa shape index (κ2) is 9.46. The summed E-state index contributed by atoms with van der Waals surface area (Å²) in [5.41, 5.74) is 5.50. The van der Waals surface area contributed by atoms with Crippen LogP contribution in [0.2, 0.25) is 0 Å². The van der Waals surface area contributed by atoms with Crippen LogP contribution < -0.4 is 15.5 Å². The number of fused-ring (bicyclic) bond motifs is 2. The minimum Gasteiger partial charge on any atom is -0.367 e. The van der Waals surface area contributed by atoms with Crippen molar-refractivity contribution in [3.05, 3.63) is 54.4 Å². The van der Waals surface area contributed by atoms with Crippen molar-refractivity contribution in [2.75, 3.05) is 35.7 Å². The maximum atomic E-state index is 4.75. The monoisotopic (exact) mass is 469 g/mol. The van der Waals surface area contributed by atoms with Gasteiger partial charge in [0.25, 0.3) is 0 Å². The molecule has 2 aromatic heterocycles. The van der Waals surface area contributed by atoms with E-state index in [0.717, 1.165) is 35.9 Å². The number of hydrogen-bond donors (Lipinski definition) is 2. The predicted octanol–water partition coefficient (Wildman–Crippen LogP) is 5.23. The standard InChI is InChI=1S/C28H35N7/c1-19-14-22(9-10-26(19)35-18-23-15-24(35)17-34(23)2)32-28-29-13-12-25(33-28)20-8-11-27(30-16-20)31-21-6-4-3-5-7-21/h8-14,16,21,23-24H,3-7,15,17-18H2,1-2H3,(H,30,31)(H,29,32,33). The molecule has 6 rings (SSSR count). The number of benzene rings is 1. The quantitative estimate of drug-likeness (QED) is 0.512. The zero-order chi connectivity index (χ0) is 23.8. The van der Waals surface area contributed by atoms with E-state index in [1.165, 1.54) is 49.8 Å². The lowest BCUT2D eigenvalue weighted by Crippen LogP contribution is -2.44. The molecule has 2 atom stereocenters. The predicted molar refractivity (Wildman–Crippen MR) is 142 cm³/mol. The van der Waals surface area contributed by atoms with Crippen LogP contribution in [0.25, 0.3) is 11.3 Å². The normalized spacial score (nSPS) is 22.5. The van der Waals surface area contributed by atoms with E-state index in [2.05, 4.69) is 74.7 Å². The van der Waals surface area contributed by atoms with Crippen LogP contribution in [0.1, 0.15) is 44.1 Å². The maximum Gasteiger partial charge on any atom is 0.227 e. The van der Waals surface area contributed by atoms with Gasteiger partial charge in [0.15, 0.2) is 0 Å². The number of piperazine rings is 1. The first-order chi connectivity index (χ1) is 17.1. The highest BCUT2D eigenvalue weighted by Crippen LogP contribution is 2.36. The molecule has 0 spiro atoms. The van der Waals surface area contributed by atoms with Gasteiger partial charge in [-0.05, 0) is 75.2 Å². The van der Waals surface area contributed by atoms with Gasteiger partial charge in [0, 0.05) is 60.5 Å². The Morgan fingerprint density at radius 3 is 2.54 bits per heavy atom. The molecular weight excluding hydrogens is 434 g/mol. The number of pyridine rings is 1. The number of rotatable bonds is 6.